The number of nitrogens with one attached hydrogen (secondary N) is 2. The molecule has 2 aromatic carbocycles. The summed E-state index contributed by atoms with van der Waals surface area (Å²) in [6.45, 7) is 2.19. The molecule has 2 N–H and O–H groups in total. The fraction of sp³-hybridized carbons (Fsp3) is 0.360. The number of carbonyl (C=O) groups excluding carboxylic acids is 1. The predicted octanol–water partition coefficient (Wildman–Crippen LogP) is 5.29. The lowest BCUT2D eigenvalue weighted by Gasteiger charge is -2.21. The summed E-state index contributed by atoms with van der Waals surface area (Å²) in [7, 11) is 0. The highest BCUT2D eigenvalue weighted by Gasteiger charge is 2.35. The van der Waals surface area contributed by atoms with Gasteiger partial charge in [-0.15, -0.1) is 5.10 Å². The topological polar surface area (TPSA) is 71.4 Å². The van der Waals surface area contributed by atoms with Crippen molar-refractivity contribution in [3.63, 3.8) is 0 Å². The molecule has 0 aliphatic carbocycles. The molecule has 1 aliphatic heterocycles. The number of ether oxygens (including phenoxy) is 1. The number of para-hydroxylation sites is 1. The molecule has 1 saturated heterocycles. The van der Waals surface area contributed by atoms with Crippen molar-refractivity contribution in [2.24, 2.45) is 0 Å². The molecule has 0 radical (unpaired) electrons. The summed E-state index contributed by atoms with van der Waals surface area (Å²) in [5, 5.41) is 9.94. The molecule has 2 amide bonds. The number of urea groups is 1. The maximum absolute atomic E-state index is 13.5. The van der Waals surface area contributed by atoms with Gasteiger partial charge in [0.15, 0.2) is 6.61 Å². The van der Waals surface area contributed by atoms with E-state index in [4.69, 9.17) is 4.74 Å². The molecule has 4 rings (SSSR count). The monoisotopic (exact) mass is 631 g/mol. The molecule has 3 aromatic rings. The Morgan fingerprint density at radius 2 is 1.84 bits per heavy atom. The summed E-state index contributed by atoms with van der Waals surface area (Å²) in [5.41, 5.74) is 1.72. The second-order valence-electron chi connectivity index (χ2n) is 8.74. The Kier molecular flexibility index (Phi) is 8.57. The van der Waals surface area contributed by atoms with Crippen LogP contribution in [0.3, 0.4) is 0 Å². The first-order valence-corrected chi connectivity index (χ1v) is 13.1. The van der Waals surface area contributed by atoms with Gasteiger partial charge in [-0.2, -0.15) is 13.2 Å². The second kappa shape index (κ2) is 11.7. The van der Waals surface area contributed by atoms with Crippen LogP contribution in [0.5, 0.6) is 5.88 Å². The highest BCUT2D eigenvalue weighted by atomic mass is 127. The Morgan fingerprint density at radius 3 is 2.49 bits per heavy atom. The van der Waals surface area contributed by atoms with Crippen LogP contribution in [0, 0.1) is 12.7 Å². The normalized spacial score (nSPS) is 18.1. The summed E-state index contributed by atoms with van der Waals surface area (Å²) in [4.78, 5) is 15.4. The summed E-state index contributed by atoms with van der Waals surface area (Å²) in [6, 6.07) is 14.2. The van der Waals surface area contributed by atoms with Crippen molar-refractivity contribution in [2.75, 3.05) is 36.0 Å². The molecule has 1 aromatic heterocycles. The van der Waals surface area contributed by atoms with E-state index < -0.39 is 18.8 Å². The van der Waals surface area contributed by atoms with Crippen LogP contribution in [-0.2, 0) is 0 Å². The van der Waals surface area contributed by atoms with Crippen molar-refractivity contribution < 1.29 is 27.1 Å². The fourth-order valence-corrected chi connectivity index (χ4v) is 5.04. The van der Waals surface area contributed by atoms with Crippen molar-refractivity contribution in [1.82, 2.24) is 20.0 Å². The number of carbonyl (C=O) groups is 1. The number of amides is 2. The Morgan fingerprint density at radius 1 is 1.14 bits per heavy atom. The molecule has 1 fully saturated rings. The average Bonchev–Trinajstić information content (AvgIpc) is 3.39. The number of likely N-dealkylation sites (tertiary alicyclic amines) is 1. The van der Waals surface area contributed by atoms with E-state index in [2.05, 4.69) is 43.2 Å². The lowest BCUT2D eigenvalue weighted by molar-refractivity contribution is -0.154. The van der Waals surface area contributed by atoms with E-state index >= 15 is 0 Å². The Balaban J connectivity index is 1.56. The molecule has 2 heterocycles. The minimum Gasteiger partial charge on any atom is -0.467 e. The third-order valence-corrected chi connectivity index (χ3v) is 6.58. The molecule has 12 heteroatoms. The number of aromatic nitrogens is 2. The number of anilines is 1. The minimum absolute atomic E-state index is 0.0555. The number of nitrogens with zero attached hydrogens (tertiary/aromatic N) is 3. The smallest absolute Gasteiger partial charge is 0.422 e. The zero-order valence-corrected chi connectivity index (χ0v) is 22.1. The SMILES string of the molecule is Cc1c(OCC(F)(F)F)nn(-c2ccccc2)c1NC(=O)N[C@@H]1CN(CCI)C[C@H]1c1ccc(F)cc1. The van der Waals surface area contributed by atoms with E-state index in [1.54, 1.807) is 42.5 Å². The van der Waals surface area contributed by atoms with E-state index in [1.165, 1.54) is 23.7 Å². The van der Waals surface area contributed by atoms with Crippen LogP contribution < -0.4 is 15.4 Å². The molecular formula is C25H26F4IN5O2. The van der Waals surface area contributed by atoms with E-state index in [9.17, 15) is 22.4 Å². The van der Waals surface area contributed by atoms with Crippen LogP contribution in [0.2, 0.25) is 0 Å². The van der Waals surface area contributed by atoms with Gasteiger partial charge < -0.3 is 10.1 Å². The lowest BCUT2D eigenvalue weighted by atomic mass is 9.94. The highest BCUT2D eigenvalue weighted by molar-refractivity contribution is 14.1. The molecule has 0 bridgehead atoms. The Bertz CT molecular complexity index is 1200. The predicted molar refractivity (Wildman–Crippen MR) is 140 cm³/mol. The molecule has 0 unspecified atom stereocenters. The van der Waals surface area contributed by atoms with Gasteiger partial charge in [0.25, 0.3) is 0 Å². The van der Waals surface area contributed by atoms with Crippen molar-refractivity contribution in [3.05, 3.63) is 71.5 Å². The highest BCUT2D eigenvalue weighted by Crippen LogP contribution is 2.31. The maximum Gasteiger partial charge on any atom is 0.422 e. The van der Waals surface area contributed by atoms with E-state index in [0.717, 1.165) is 16.5 Å². The van der Waals surface area contributed by atoms with Gasteiger partial charge in [0.05, 0.1) is 17.3 Å². The van der Waals surface area contributed by atoms with E-state index in [-0.39, 0.29) is 35.0 Å². The van der Waals surface area contributed by atoms with E-state index in [0.29, 0.717) is 18.8 Å². The molecule has 1 aliphatic rings. The van der Waals surface area contributed by atoms with Crippen LogP contribution in [-0.4, -0.2) is 63.6 Å². The summed E-state index contributed by atoms with van der Waals surface area (Å²) >= 11 is 2.29. The fourth-order valence-electron chi connectivity index (χ4n) is 4.36. The average molecular weight is 631 g/mol. The van der Waals surface area contributed by atoms with Gasteiger partial charge in [-0.25, -0.2) is 13.9 Å². The third kappa shape index (κ3) is 6.92. The zero-order chi connectivity index (χ0) is 26.6. The van der Waals surface area contributed by atoms with Gasteiger partial charge >= 0.3 is 12.2 Å². The van der Waals surface area contributed by atoms with Gasteiger partial charge in [0.1, 0.15) is 11.6 Å². The first-order chi connectivity index (χ1) is 17.6. The van der Waals surface area contributed by atoms with Gasteiger partial charge in [0, 0.05) is 30.0 Å². The number of benzene rings is 2. The Labute approximate surface area is 225 Å². The van der Waals surface area contributed by atoms with Gasteiger partial charge in [0.2, 0.25) is 5.88 Å². The molecule has 0 spiro atoms. The van der Waals surface area contributed by atoms with Gasteiger partial charge in [-0.3, -0.25) is 10.2 Å². The lowest BCUT2D eigenvalue weighted by Crippen LogP contribution is -2.42. The molecule has 7 nitrogen and oxygen atoms in total. The van der Waals surface area contributed by atoms with Crippen molar-refractivity contribution in [3.8, 4) is 11.6 Å². The van der Waals surface area contributed by atoms with Gasteiger partial charge in [-0.05, 0) is 36.8 Å². The largest absolute Gasteiger partial charge is 0.467 e. The number of hydrogen-bond acceptors (Lipinski definition) is 4. The van der Waals surface area contributed by atoms with E-state index in [1.807, 2.05) is 0 Å². The van der Waals surface area contributed by atoms with Crippen LogP contribution in [0.25, 0.3) is 5.69 Å². The molecular weight excluding hydrogens is 605 g/mol. The molecule has 0 saturated carbocycles. The first-order valence-electron chi connectivity index (χ1n) is 11.6. The van der Waals surface area contributed by atoms with Crippen LogP contribution in [0.4, 0.5) is 28.2 Å². The van der Waals surface area contributed by atoms with Crippen LogP contribution in [0.15, 0.2) is 54.6 Å². The Hall–Kier alpha value is -2.87. The minimum atomic E-state index is -4.53. The van der Waals surface area contributed by atoms with Crippen molar-refractivity contribution in [1.29, 1.82) is 0 Å². The standard InChI is InChI=1S/C25H26F4IN5O2/c1-16-22(35(19-5-3-2-4-6-19)33-23(16)37-15-25(27,28)29)32-24(36)31-21-14-34(12-11-30)13-20(21)17-7-9-18(26)10-8-17/h2-10,20-21H,11-15H2,1H3,(H2,31,32,36)/t20-,21+/m0/s1. The number of alkyl halides is 4. The maximum atomic E-state index is 13.5. The van der Waals surface area contributed by atoms with Crippen LogP contribution in [0.1, 0.15) is 17.0 Å². The second-order valence-corrected chi connectivity index (χ2v) is 9.82. The van der Waals surface area contributed by atoms with Crippen molar-refractivity contribution >= 4 is 34.4 Å². The zero-order valence-electron chi connectivity index (χ0n) is 19.9. The summed E-state index contributed by atoms with van der Waals surface area (Å²) in [6.07, 6.45) is -4.53. The van der Waals surface area contributed by atoms with Gasteiger partial charge in [-0.1, -0.05) is 52.9 Å². The summed E-state index contributed by atoms with van der Waals surface area (Å²) < 4.78 is 59.0. The molecule has 198 valence electrons. The van der Waals surface area contributed by atoms with Crippen molar-refractivity contribution in [2.45, 2.75) is 25.1 Å². The number of hydrogen-bond donors (Lipinski definition) is 2. The molecule has 37 heavy (non-hydrogen) atoms. The number of rotatable bonds is 8. The summed E-state index contributed by atoms with van der Waals surface area (Å²) in [5.74, 6) is -0.419. The quantitative estimate of drug-likeness (QED) is 0.202. The number of halogens is 5. The first kappa shape index (κ1) is 27.2. The van der Waals surface area contributed by atoms with Crippen LogP contribution >= 0.6 is 22.6 Å². The molecule has 2 atom stereocenters. The third-order valence-electron chi connectivity index (χ3n) is 6.09.